The smallest absolute Gasteiger partial charge is 0.338 e. The number of carbonyl (C=O) groups excluding carboxylic acids is 2. The van der Waals surface area contributed by atoms with Crippen molar-refractivity contribution < 1.29 is 33.5 Å². The van der Waals surface area contributed by atoms with Crippen LogP contribution in [-0.2, 0) is 20.9 Å². The molecule has 45 heavy (non-hydrogen) atoms. The van der Waals surface area contributed by atoms with Crippen LogP contribution in [0.3, 0.4) is 0 Å². The van der Waals surface area contributed by atoms with E-state index >= 15 is 0 Å². The summed E-state index contributed by atoms with van der Waals surface area (Å²) in [6.45, 7) is 3.41. The van der Waals surface area contributed by atoms with E-state index in [0.717, 1.165) is 0 Å². The maximum atomic E-state index is 12.7. The molecule has 0 radical (unpaired) electrons. The van der Waals surface area contributed by atoms with Crippen LogP contribution < -0.4 is 30.3 Å². The van der Waals surface area contributed by atoms with Gasteiger partial charge in [-0.25, -0.2) is 10.2 Å². The lowest BCUT2D eigenvalue weighted by molar-refractivity contribution is -0.384. The van der Waals surface area contributed by atoms with Crippen LogP contribution in [0.4, 0.5) is 5.69 Å². The Morgan fingerprint density at radius 3 is 2.62 bits per heavy atom. The Kier molecular flexibility index (Phi) is 11.0. The maximum Gasteiger partial charge on any atom is 0.338 e. The van der Waals surface area contributed by atoms with Gasteiger partial charge in [0, 0.05) is 23.4 Å². The van der Waals surface area contributed by atoms with Gasteiger partial charge >= 0.3 is 5.97 Å². The molecule has 4 rings (SSSR count). The number of ether oxygens (including phenoxy) is 4. The standard InChI is InChI=1S/C31H31N5O8S/c1-4-42-30(38)28-19(2)33-31(45)34-29(28)23-10-5-6-11-24(23)44-18-27(37)35-32-16-20-12-13-25(26(15-20)41-3)43-17-21-8-7-9-22(14-21)36(39)40/h5-16,29H,4,17-18H2,1-3H3,(H,35,37)(H2,33,34,45)/t29-/m0/s1. The number of nitrogens with zero attached hydrogens (tertiary/aromatic N) is 2. The molecule has 1 heterocycles. The molecule has 0 bridgehead atoms. The second kappa shape index (κ2) is 15.3. The minimum atomic E-state index is -0.650. The number of hydrazone groups is 1. The van der Waals surface area contributed by atoms with Crippen LogP contribution in [0.1, 0.15) is 36.6 Å². The van der Waals surface area contributed by atoms with Gasteiger partial charge in [-0.1, -0.05) is 30.3 Å². The van der Waals surface area contributed by atoms with Gasteiger partial charge in [0.15, 0.2) is 23.2 Å². The Morgan fingerprint density at radius 1 is 1.07 bits per heavy atom. The van der Waals surface area contributed by atoms with Crippen LogP contribution in [0.15, 0.2) is 83.1 Å². The minimum absolute atomic E-state index is 0.0231. The van der Waals surface area contributed by atoms with Gasteiger partial charge in [-0.15, -0.1) is 0 Å². The summed E-state index contributed by atoms with van der Waals surface area (Å²) in [6.07, 6.45) is 1.43. The maximum absolute atomic E-state index is 12.7. The first-order valence-corrected chi connectivity index (χ1v) is 14.1. The summed E-state index contributed by atoms with van der Waals surface area (Å²) >= 11 is 5.31. The monoisotopic (exact) mass is 633 g/mol. The molecule has 0 fully saturated rings. The molecule has 0 spiro atoms. The lowest BCUT2D eigenvalue weighted by Gasteiger charge is -2.30. The molecule has 0 unspecified atom stereocenters. The molecule has 0 saturated heterocycles. The van der Waals surface area contributed by atoms with E-state index in [4.69, 9.17) is 31.2 Å². The van der Waals surface area contributed by atoms with E-state index in [1.54, 1.807) is 68.4 Å². The minimum Gasteiger partial charge on any atom is -0.493 e. The Balaban J connectivity index is 1.36. The normalized spacial score (nSPS) is 14.3. The van der Waals surface area contributed by atoms with Gasteiger partial charge in [-0.2, -0.15) is 5.10 Å². The molecule has 0 aromatic heterocycles. The summed E-state index contributed by atoms with van der Waals surface area (Å²) in [5.41, 5.74) is 5.15. The molecule has 234 valence electrons. The molecule has 1 amide bonds. The van der Waals surface area contributed by atoms with Gasteiger partial charge in [-0.05, 0) is 61.5 Å². The average molecular weight is 634 g/mol. The first-order chi connectivity index (χ1) is 21.7. The largest absolute Gasteiger partial charge is 0.493 e. The molecule has 1 aliphatic heterocycles. The van der Waals surface area contributed by atoms with Crippen molar-refractivity contribution in [3.05, 3.63) is 105 Å². The molecule has 0 aliphatic carbocycles. The van der Waals surface area contributed by atoms with Crippen molar-refractivity contribution in [3.8, 4) is 17.2 Å². The highest BCUT2D eigenvalue weighted by Gasteiger charge is 2.32. The molecule has 1 aliphatic rings. The van der Waals surface area contributed by atoms with E-state index in [9.17, 15) is 19.7 Å². The number of carbonyl (C=O) groups is 2. The van der Waals surface area contributed by atoms with Crippen LogP contribution in [0, 0.1) is 10.1 Å². The fraction of sp³-hybridized carbons (Fsp3) is 0.226. The summed E-state index contributed by atoms with van der Waals surface area (Å²) in [5.74, 6) is 0.198. The predicted octanol–water partition coefficient (Wildman–Crippen LogP) is 4.07. The average Bonchev–Trinajstić information content (AvgIpc) is 3.03. The zero-order valence-corrected chi connectivity index (χ0v) is 25.5. The van der Waals surface area contributed by atoms with E-state index in [-0.39, 0.29) is 25.5 Å². The molecule has 3 aromatic carbocycles. The lowest BCUT2D eigenvalue weighted by Crippen LogP contribution is -2.45. The second-order valence-corrected chi connectivity index (χ2v) is 9.94. The fourth-order valence-corrected chi connectivity index (χ4v) is 4.69. The van der Waals surface area contributed by atoms with Gasteiger partial charge in [0.2, 0.25) is 0 Å². The SMILES string of the molecule is CCOC(=O)C1=C(C)NC(=S)N[C@H]1c1ccccc1OCC(=O)NN=Cc1ccc(OCc2cccc([N+](=O)[O-])c2)c(OC)c1. The number of hydrogen-bond donors (Lipinski definition) is 3. The second-order valence-electron chi connectivity index (χ2n) is 9.54. The molecular formula is C31H31N5O8S. The Morgan fingerprint density at radius 2 is 1.87 bits per heavy atom. The predicted molar refractivity (Wildman–Crippen MR) is 169 cm³/mol. The van der Waals surface area contributed by atoms with Gasteiger partial charge in [0.1, 0.15) is 12.4 Å². The van der Waals surface area contributed by atoms with E-state index in [2.05, 4.69) is 21.2 Å². The fourth-order valence-electron chi connectivity index (χ4n) is 4.42. The van der Waals surface area contributed by atoms with E-state index in [0.29, 0.717) is 50.3 Å². The van der Waals surface area contributed by atoms with Gasteiger partial charge in [0.25, 0.3) is 11.6 Å². The van der Waals surface area contributed by atoms with Crippen molar-refractivity contribution in [2.45, 2.75) is 26.5 Å². The van der Waals surface area contributed by atoms with Crippen molar-refractivity contribution in [2.24, 2.45) is 5.10 Å². The number of rotatable bonds is 13. The number of benzene rings is 3. The van der Waals surface area contributed by atoms with Crippen molar-refractivity contribution in [2.75, 3.05) is 20.3 Å². The van der Waals surface area contributed by atoms with E-state index in [1.807, 2.05) is 0 Å². The van der Waals surface area contributed by atoms with Crippen molar-refractivity contribution in [1.29, 1.82) is 0 Å². The first kappa shape index (κ1) is 32.4. The highest BCUT2D eigenvalue weighted by atomic mass is 32.1. The number of amides is 1. The zero-order valence-electron chi connectivity index (χ0n) is 24.7. The van der Waals surface area contributed by atoms with Crippen LogP contribution in [0.5, 0.6) is 17.2 Å². The van der Waals surface area contributed by atoms with Crippen LogP contribution in [-0.4, -0.2) is 48.5 Å². The molecule has 13 nitrogen and oxygen atoms in total. The number of nitro groups is 1. The molecule has 14 heteroatoms. The Labute approximate surface area is 264 Å². The van der Waals surface area contributed by atoms with Crippen molar-refractivity contribution >= 4 is 41.1 Å². The summed E-state index contributed by atoms with van der Waals surface area (Å²) in [5, 5.41) is 21.4. The first-order valence-electron chi connectivity index (χ1n) is 13.7. The zero-order chi connectivity index (χ0) is 32.3. The van der Waals surface area contributed by atoms with Gasteiger partial charge in [0.05, 0.1) is 36.5 Å². The molecule has 1 atom stereocenters. The highest BCUT2D eigenvalue weighted by Crippen LogP contribution is 2.34. The number of thiocarbonyl (C=S) groups is 1. The quantitative estimate of drug-likeness (QED) is 0.0818. The van der Waals surface area contributed by atoms with E-state index < -0.39 is 22.8 Å². The Hall–Kier alpha value is -5.50. The summed E-state index contributed by atoms with van der Waals surface area (Å²) < 4.78 is 22.3. The highest BCUT2D eigenvalue weighted by molar-refractivity contribution is 7.80. The van der Waals surface area contributed by atoms with Crippen LogP contribution in [0.2, 0.25) is 0 Å². The number of methoxy groups -OCH3 is 1. The molecule has 0 saturated carbocycles. The summed E-state index contributed by atoms with van der Waals surface area (Å²) in [6, 6.07) is 17.6. The summed E-state index contributed by atoms with van der Waals surface area (Å²) in [7, 11) is 1.48. The number of non-ortho nitro benzene ring substituents is 1. The van der Waals surface area contributed by atoms with Crippen molar-refractivity contribution in [3.63, 3.8) is 0 Å². The van der Waals surface area contributed by atoms with E-state index in [1.165, 1.54) is 25.5 Å². The third-order valence-electron chi connectivity index (χ3n) is 6.46. The van der Waals surface area contributed by atoms with Crippen molar-refractivity contribution in [1.82, 2.24) is 16.1 Å². The summed E-state index contributed by atoms with van der Waals surface area (Å²) in [4.78, 5) is 35.8. The third-order valence-corrected chi connectivity index (χ3v) is 6.68. The van der Waals surface area contributed by atoms with Crippen LogP contribution >= 0.6 is 12.2 Å². The Bertz CT molecular complexity index is 1660. The number of nitro benzene ring substituents is 1. The number of nitrogens with one attached hydrogen (secondary N) is 3. The van der Waals surface area contributed by atoms with Gasteiger partial charge < -0.3 is 29.6 Å². The number of esters is 1. The lowest BCUT2D eigenvalue weighted by atomic mass is 9.95. The third kappa shape index (κ3) is 8.54. The van der Waals surface area contributed by atoms with Crippen LogP contribution in [0.25, 0.3) is 0 Å². The molecule has 3 aromatic rings. The molecular weight excluding hydrogens is 602 g/mol. The molecule has 3 N–H and O–H groups in total. The number of hydrogen-bond acceptors (Lipinski definition) is 10. The van der Waals surface area contributed by atoms with Gasteiger partial charge in [-0.3, -0.25) is 14.9 Å². The number of para-hydroxylation sites is 1. The topological polar surface area (TPSA) is 163 Å². The number of allylic oxidation sites excluding steroid dienone is 1.